The highest BCUT2D eigenvalue weighted by Gasteiger charge is 2.20. The van der Waals surface area contributed by atoms with Crippen LogP contribution in [-0.2, 0) is 20.0 Å². The smallest absolute Gasteiger partial charge is 0.257 e. The van der Waals surface area contributed by atoms with E-state index in [1.807, 2.05) is 50.1 Å². The van der Waals surface area contributed by atoms with Crippen molar-refractivity contribution in [1.82, 2.24) is 14.7 Å². The van der Waals surface area contributed by atoms with Crippen molar-refractivity contribution in [1.29, 1.82) is 0 Å². The Hall–Kier alpha value is -2.30. The lowest BCUT2D eigenvalue weighted by atomic mass is 10.1. The fraction of sp³-hybridized carbons (Fsp3) is 0.375. The van der Waals surface area contributed by atoms with Gasteiger partial charge in [0.15, 0.2) is 0 Å². The fourth-order valence-electron chi connectivity index (χ4n) is 2.32. The first-order chi connectivity index (χ1) is 10.0. The van der Waals surface area contributed by atoms with Crippen LogP contribution in [0.2, 0.25) is 0 Å². The standard InChI is InChI=1S/C16H22N4O/c1-4-15-14(11-19(3)18-15)16(21)20(5-2)10-12-6-8-13(17)9-7-12/h6-9,11H,4-5,10,17H2,1-3H3. The Labute approximate surface area is 125 Å². The Morgan fingerprint density at radius 3 is 2.52 bits per heavy atom. The molecule has 5 heteroatoms. The molecular weight excluding hydrogens is 264 g/mol. The number of benzene rings is 1. The van der Waals surface area contributed by atoms with E-state index in [4.69, 9.17) is 5.73 Å². The number of nitrogens with zero attached hydrogens (tertiary/aromatic N) is 3. The first kappa shape index (κ1) is 15.1. The highest BCUT2D eigenvalue weighted by atomic mass is 16.2. The van der Waals surface area contributed by atoms with E-state index in [2.05, 4.69) is 5.10 Å². The molecule has 0 bridgehead atoms. The molecular formula is C16H22N4O. The Kier molecular flexibility index (Phi) is 4.62. The lowest BCUT2D eigenvalue weighted by Gasteiger charge is -2.21. The van der Waals surface area contributed by atoms with Crippen molar-refractivity contribution >= 4 is 11.6 Å². The summed E-state index contributed by atoms with van der Waals surface area (Å²) in [4.78, 5) is 14.5. The molecule has 0 unspecified atom stereocenters. The first-order valence-corrected chi connectivity index (χ1v) is 7.21. The van der Waals surface area contributed by atoms with E-state index >= 15 is 0 Å². The molecule has 0 saturated carbocycles. The van der Waals surface area contributed by atoms with Crippen LogP contribution in [0.25, 0.3) is 0 Å². The molecule has 2 rings (SSSR count). The summed E-state index contributed by atoms with van der Waals surface area (Å²) in [6, 6.07) is 7.62. The molecule has 5 nitrogen and oxygen atoms in total. The Morgan fingerprint density at radius 2 is 1.95 bits per heavy atom. The molecule has 1 aromatic heterocycles. The van der Waals surface area contributed by atoms with E-state index in [-0.39, 0.29) is 5.91 Å². The molecule has 21 heavy (non-hydrogen) atoms. The van der Waals surface area contributed by atoms with Crippen molar-refractivity contribution in [2.24, 2.45) is 7.05 Å². The monoisotopic (exact) mass is 286 g/mol. The lowest BCUT2D eigenvalue weighted by Crippen LogP contribution is -2.30. The second-order valence-corrected chi connectivity index (χ2v) is 5.08. The molecule has 0 aliphatic rings. The van der Waals surface area contributed by atoms with Crippen molar-refractivity contribution in [3.8, 4) is 0 Å². The number of aryl methyl sites for hydroxylation is 2. The number of nitrogens with two attached hydrogens (primary N) is 1. The number of carbonyl (C=O) groups is 1. The third kappa shape index (κ3) is 3.42. The Morgan fingerprint density at radius 1 is 1.29 bits per heavy atom. The van der Waals surface area contributed by atoms with Gasteiger partial charge < -0.3 is 10.6 Å². The molecule has 0 spiro atoms. The summed E-state index contributed by atoms with van der Waals surface area (Å²) >= 11 is 0. The van der Waals surface area contributed by atoms with Crippen molar-refractivity contribution in [2.75, 3.05) is 12.3 Å². The zero-order valence-electron chi connectivity index (χ0n) is 12.8. The van der Waals surface area contributed by atoms with Crippen LogP contribution in [-0.4, -0.2) is 27.1 Å². The van der Waals surface area contributed by atoms with Gasteiger partial charge in [-0.15, -0.1) is 0 Å². The molecule has 0 aliphatic heterocycles. The molecule has 2 aromatic rings. The Bertz CT molecular complexity index is 616. The van der Waals surface area contributed by atoms with Gasteiger partial charge >= 0.3 is 0 Å². The third-order valence-corrected chi connectivity index (χ3v) is 3.49. The van der Waals surface area contributed by atoms with Crippen LogP contribution in [0.1, 0.15) is 35.5 Å². The molecule has 1 amide bonds. The quantitative estimate of drug-likeness (QED) is 0.857. The second-order valence-electron chi connectivity index (χ2n) is 5.08. The van der Waals surface area contributed by atoms with Gasteiger partial charge in [0.1, 0.15) is 0 Å². The number of rotatable bonds is 5. The summed E-state index contributed by atoms with van der Waals surface area (Å²) in [7, 11) is 1.84. The van der Waals surface area contributed by atoms with Crippen molar-refractivity contribution in [2.45, 2.75) is 26.8 Å². The van der Waals surface area contributed by atoms with E-state index in [1.54, 1.807) is 10.9 Å². The SMILES string of the molecule is CCc1nn(C)cc1C(=O)N(CC)Cc1ccc(N)cc1. The predicted molar refractivity (Wildman–Crippen MR) is 83.9 cm³/mol. The Balaban J connectivity index is 2.20. The van der Waals surface area contributed by atoms with E-state index in [9.17, 15) is 4.79 Å². The maximum Gasteiger partial charge on any atom is 0.257 e. The first-order valence-electron chi connectivity index (χ1n) is 7.21. The van der Waals surface area contributed by atoms with Crippen LogP contribution in [0.15, 0.2) is 30.5 Å². The molecule has 0 aliphatic carbocycles. The van der Waals surface area contributed by atoms with E-state index in [0.29, 0.717) is 18.7 Å². The van der Waals surface area contributed by atoms with Gasteiger partial charge in [-0.05, 0) is 31.0 Å². The molecule has 0 saturated heterocycles. The zero-order valence-corrected chi connectivity index (χ0v) is 12.8. The van der Waals surface area contributed by atoms with Crippen LogP contribution >= 0.6 is 0 Å². The van der Waals surface area contributed by atoms with Crippen LogP contribution in [0, 0.1) is 0 Å². The van der Waals surface area contributed by atoms with Crippen LogP contribution in [0.5, 0.6) is 0 Å². The highest BCUT2D eigenvalue weighted by molar-refractivity contribution is 5.95. The van der Waals surface area contributed by atoms with Gasteiger partial charge in [0.05, 0.1) is 11.3 Å². The normalized spacial score (nSPS) is 10.6. The molecule has 112 valence electrons. The van der Waals surface area contributed by atoms with Gasteiger partial charge in [0.2, 0.25) is 0 Å². The van der Waals surface area contributed by atoms with Crippen LogP contribution < -0.4 is 5.73 Å². The summed E-state index contributed by atoms with van der Waals surface area (Å²) in [6.45, 7) is 5.22. The van der Waals surface area contributed by atoms with E-state index in [0.717, 1.165) is 23.4 Å². The number of aromatic nitrogens is 2. The van der Waals surface area contributed by atoms with Crippen LogP contribution in [0.3, 0.4) is 0 Å². The highest BCUT2D eigenvalue weighted by Crippen LogP contribution is 2.14. The summed E-state index contributed by atoms with van der Waals surface area (Å²) in [5.41, 5.74) is 9.03. The predicted octanol–water partition coefficient (Wildman–Crippen LogP) is 2.23. The second kappa shape index (κ2) is 6.43. The van der Waals surface area contributed by atoms with Crippen molar-refractivity contribution in [3.05, 3.63) is 47.3 Å². The van der Waals surface area contributed by atoms with Gasteiger partial charge in [-0.25, -0.2) is 0 Å². The van der Waals surface area contributed by atoms with Gasteiger partial charge in [0, 0.05) is 32.0 Å². The summed E-state index contributed by atoms with van der Waals surface area (Å²) in [5.74, 6) is 0.0271. The maximum absolute atomic E-state index is 12.7. The van der Waals surface area contributed by atoms with Gasteiger partial charge in [0.25, 0.3) is 5.91 Å². The number of nitrogen functional groups attached to an aromatic ring is 1. The van der Waals surface area contributed by atoms with E-state index in [1.165, 1.54) is 0 Å². The molecule has 1 heterocycles. The number of hydrogen-bond acceptors (Lipinski definition) is 3. The van der Waals surface area contributed by atoms with Crippen LogP contribution in [0.4, 0.5) is 5.69 Å². The number of anilines is 1. The zero-order chi connectivity index (χ0) is 15.4. The van der Waals surface area contributed by atoms with Crippen molar-refractivity contribution < 1.29 is 4.79 Å². The minimum absolute atomic E-state index is 0.0271. The van der Waals surface area contributed by atoms with Crippen molar-refractivity contribution in [3.63, 3.8) is 0 Å². The topological polar surface area (TPSA) is 64.2 Å². The summed E-state index contributed by atoms with van der Waals surface area (Å²) in [6.07, 6.45) is 2.55. The third-order valence-electron chi connectivity index (χ3n) is 3.49. The fourth-order valence-corrected chi connectivity index (χ4v) is 2.32. The number of carbonyl (C=O) groups excluding carboxylic acids is 1. The molecule has 0 radical (unpaired) electrons. The minimum Gasteiger partial charge on any atom is -0.399 e. The molecule has 1 aromatic carbocycles. The molecule has 0 atom stereocenters. The number of hydrogen-bond donors (Lipinski definition) is 1. The summed E-state index contributed by atoms with van der Waals surface area (Å²) in [5, 5.41) is 4.34. The average Bonchev–Trinajstić information content (AvgIpc) is 2.87. The lowest BCUT2D eigenvalue weighted by molar-refractivity contribution is 0.0751. The largest absolute Gasteiger partial charge is 0.399 e. The average molecular weight is 286 g/mol. The van der Waals surface area contributed by atoms with Gasteiger partial charge in [-0.1, -0.05) is 19.1 Å². The van der Waals surface area contributed by atoms with Gasteiger partial charge in [-0.2, -0.15) is 5.10 Å². The van der Waals surface area contributed by atoms with Gasteiger partial charge in [-0.3, -0.25) is 9.48 Å². The maximum atomic E-state index is 12.7. The summed E-state index contributed by atoms with van der Waals surface area (Å²) < 4.78 is 1.70. The minimum atomic E-state index is 0.0271. The molecule has 0 fully saturated rings. The number of amides is 1. The van der Waals surface area contributed by atoms with E-state index < -0.39 is 0 Å². The molecule has 2 N–H and O–H groups in total.